The molecular formula is C16H15BrO2. The number of carbonyl (C=O) groups is 1. The van der Waals surface area contributed by atoms with Crippen molar-refractivity contribution >= 4 is 21.7 Å². The van der Waals surface area contributed by atoms with Crippen LogP contribution in [-0.2, 0) is 6.61 Å². The number of hydrogen-bond acceptors (Lipinski definition) is 2. The van der Waals surface area contributed by atoms with E-state index >= 15 is 0 Å². The van der Waals surface area contributed by atoms with E-state index in [1.54, 1.807) is 6.92 Å². The maximum atomic E-state index is 11.5. The third kappa shape index (κ3) is 3.44. The number of halogens is 1. The zero-order valence-corrected chi connectivity index (χ0v) is 12.5. The van der Waals surface area contributed by atoms with Gasteiger partial charge in [-0.3, -0.25) is 4.79 Å². The van der Waals surface area contributed by atoms with Gasteiger partial charge < -0.3 is 4.74 Å². The molecule has 2 aromatic rings. The minimum Gasteiger partial charge on any atom is -0.488 e. The largest absolute Gasteiger partial charge is 0.488 e. The quantitative estimate of drug-likeness (QED) is 0.774. The summed E-state index contributed by atoms with van der Waals surface area (Å²) in [6, 6.07) is 13.4. The lowest BCUT2D eigenvalue weighted by molar-refractivity contribution is 0.101. The fourth-order valence-electron chi connectivity index (χ4n) is 1.87. The smallest absolute Gasteiger partial charge is 0.160 e. The summed E-state index contributed by atoms with van der Waals surface area (Å²) in [5.41, 5.74) is 2.79. The molecule has 0 saturated carbocycles. The molecule has 0 atom stereocenters. The zero-order valence-electron chi connectivity index (χ0n) is 10.9. The minimum atomic E-state index is 0.0576. The fourth-order valence-corrected chi connectivity index (χ4v) is 2.48. The summed E-state index contributed by atoms with van der Waals surface area (Å²) in [5.74, 6) is 0.839. The molecule has 0 aliphatic carbocycles. The molecule has 0 radical (unpaired) electrons. The summed E-state index contributed by atoms with van der Waals surface area (Å²) in [6.45, 7) is 3.98. The van der Waals surface area contributed by atoms with E-state index in [2.05, 4.69) is 15.9 Å². The average molecular weight is 319 g/mol. The van der Waals surface area contributed by atoms with Gasteiger partial charge in [-0.1, -0.05) is 30.3 Å². The van der Waals surface area contributed by atoms with Crippen molar-refractivity contribution in [2.75, 3.05) is 0 Å². The van der Waals surface area contributed by atoms with Crippen LogP contribution in [0.15, 0.2) is 46.9 Å². The van der Waals surface area contributed by atoms with Crippen LogP contribution in [0.3, 0.4) is 0 Å². The normalized spacial score (nSPS) is 10.3. The van der Waals surface area contributed by atoms with E-state index in [-0.39, 0.29) is 5.78 Å². The summed E-state index contributed by atoms with van der Waals surface area (Å²) in [5, 5.41) is 0. The number of aryl methyl sites for hydroxylation is 1. The SMILES string of the molecule is CC(=O)c1ccccc1COc1ccc(C)cc1Br. The molecule has 2 aromatic carbocycles. The molecule has 0 aromatic heterocycles. The highest BCUT2D eigenvalue weighted by atomic mass is 79.9. The molecule has 0 aliphatic rings. The standard InChI is InChI=1S/C16H15BrO2/c1-11-7-8-16(15(17)9-11)19-10-13-5-3-4-6-14(13)12(2)18/h3-9H,10H2,1-2H3. The second kappa shape index (κ2) is 6.02. The van der Waals surface area contributed by atoms with Crippen molar-refractivity contribution in [2.45, 2.75) is 20.5 Å². The number of benzene rings is 2. The van der Waals surface area contributed by atoms with Crippen molar-refractivity contribution in [1.29, 1.82) is 0 Å². The van der Waals surface area contributed by atoms with Gasteiger partial charge in [0.05, 0.1) is 4.47 Å². The number of hydrogen-bond donors (Lipinski definition) is 0. The van der Waals surface area contributed by atoms with Gasteiger partial charge in [-0.25, -0.2) is 0 Å². The van der Waals surface area contributed by atoms with Gasteiger partial charge in [0.1, 0.15) is 12.4 Å². The van der Waals surface area contributed by atoms with Crippen LogP contribution < -0.4 is 4.74 Å². The first kappa shape index (κ1) is 13.8. The number of ether oxygens (including phenoxy) is 1. The lowest BCUT2D eigenvalue weighted by Crippen LogP contribution is -2.03. The molecule has 0 heterocycles. The van der Waals surface area contributed by atoms with Gasteiger partial charge in [0.2, 0.25) is 0 Å². The molecule has 0 saturated heterocycles. The number of ketones is 1. The predicted molar refractivity (Wildman–Crippen MR) is 79.7 cm³/mol. The molecule has 0 N–H and O–H groups in total. The Kier molecular flexibility index (Phi) is 4.38. The molecule has 19 heavy (non-hydrogen) atoms. The van der Waals surface area contributed by atoms with Crippen LogP contribution in [0.25, 0.3) is 0 Å². The minimum absolute atomic E-state index is 0.0576. The van der Waals surface area contributed by atoms with Crippen LogP contribution in [0, 0.1) is 6.92 Å². The maximum Gasteiger partial charge on any atom is 0.160 e. The molecular weight excluding hydrogens is 304 g/mol. The molecule has 0 unspecified atom stereocenters. The summed E-state index contributed by atoms with van der Waals surface area (Å²) in [4.78, 5) is 11.5. The van der Waals surface area contributed by atoms with Gasteiger partial charge in [-0.15, -0.1) is 0 Å². The predicted octanol–water partition coefficient (Wildman–Crippen LogP) is 4.54. The molecule has 0 fully saturated rings. The van der Waals surface area contributed by atoms with Crippen LogP contribution in [0.1, 0.15) is 28.4 Å². The van der Waals surface area contributed by atoms with Crippen LogP contribution in [-0.4, -0.2) is 5.78 Å². The third-order valence-corrected chi connectivity index (χ3v) is 3.49. The summed E-state index contributed by atoms with van der Waals surface area (Å²) >= 11 is 3.48. The van der Waals surface area contributed by atoms with Gasteiger partial charge in [-0.2, -0.15) is 0 Å². The third-order valence-electron chi connectivity index (χ3n) is 2.87. The molecule has 2 rings (SSSR count). The molecule has 0 aliphatic heterocycles. The van der Waals surface area contributed by atoms with Crippen molar-refractivity contribution < 1.29 is 9.53 Å². The van der Waals surface area contributed by atoms with Gasteiger partial charge >= 0.3 is 0 Å². The molecule has 0 amide bonds. The highest BCUT2D eigenvalue weighted by Gasteiger charge is 2.08. The topological polar surface area (TPSA) is 26.3 Å². The Morgan fingerprint density at radius 3 is 2.63 bits per heavy atom. The Bertz CT molecular complexity index is 605. The van der Waals surface area contributed by atoms with E-state index in [1.165, 1.54) is 5.56 Å². The lowest BCUT2D eigenvalue weighted by atomic mass is 10.1. The van der Waals surface area contributed by atoms with E-state index in [9.17, 15) is 4.79 Å². The van der Waals surface area contributed by atoms with E-state index in [4.69, 9.17) is 4.74 Å². The van der Waals surface area contributed by atoms with Crippen LogP contribution in [0.4, 0.5) is 0 Å². The molecule has 0 spiro atoms. The lowest BCUT2D eigenvalue weighted by Gasteiger charge is -2.11. The summed E-state index contributed by atoms with van der Waals surface area (Å²) in [6.07, 6.45) is 0. The van der Waals surface area contributed by atoms with Gasteiger partial charge in [0, 0.05) is 11.1 Å². The molecule has 3 heteroatoms. The van der Waals surface area contributed by atoms with Crippen molar-refractivity contribution in [2.24, 2.45) is 0 Å². The van der Waals surface area contributed by atoms with E-state index < -0.39 is 0 Å². The fraction of sp³-hybridized carbons (Fsp3) is 0.188. The first-order valence-corrected chi connectivity index (χ1v) is 6.85. The Hall–Kier alpha value is -1.61. The monoisotopic (exact) mass is 318 g/mol. The maximum absolute atomic E-state index is 11.5. The van der Waals surface area contributed by atoms with Gasteiger partial charge in [-0.05, 0) is 47.5 Å². The first-order chi connectivity index (χ1) is 9.08. The number of rotatable bonds is 4. The summed E-state index contributed by atoms with van der Waals surface area (Å²) < 4.78 is 6.69. The Labute approximate surface area is 121 Å². The second-order valence-electron chi connectivity index (χ2n) is 4.44. The van der Waals surface area contributed by atoms with Crippen molar-refractivity contribution in [3.63, 3.8) is 0 Å². The number of carbonyl (C=O) groups excluding carboxylic acids is 1. The van der Waals surface area contributed by atoms with Crippen LogP contribution in [0.5, 0.6) is 5.75 Å². The first-order valence-electron chi connectivity index (χ1n) is 6.05. The van der Waals surface area contributed by atoms with Gasteiger partial charge in [0.25, 0.3) is 0 Å². The summed E-state index contributed by atoms with van der Waals surface area (Å²) in [7, 11) is 0. The van der Waals surface area contributed by atoms with Crippen molar-refractivity contribution in [3.05, 3.63) is 63.6 Å². The highest BCUT2D eigenvalue weighted by Crippen LogP contribution is 2.26. The highest BCUT2D eigenvalue weighted by molar-refractivity contribution is 9.10. The van der Waals surface area contributed by atoms with E-state index in [0.29, 0.717) is 12.2 Å². The van der Waals surface area contributed by atoms with Crippen molar-refractivity contribution in [1.82, 2.24) is 0 Å². The number of Topliss-reactive ketones (excluding diaryl/α,β-unsaturated/α-hetero) is 1. The van der Waals surface area contributed by atoms with E-state index in [1.807, 2.05) is 49.4 Å². The Morgan fingerprint density at radius 1 is 1.21 bits per heavy atom. The van der Waals surface area contributed by atoms with Crippen LogP contribution >= 0.6 is 15.9 Å². The van der Waals surface area contributed by atoms with E-state index in [0.717, 1.165) is 15.8 Å². The Balaban J connectivity index is 2.17. The van der Waals surface area contributed by atoms with Crippen molar-refractivity contribution in [3.8, 4) is 5.75 Å². The zero-order chi connectivity index (χ0) is 13.8. The van der Waals surface area contributed by atoms with Crippen LogP contribution in [0.2, 0.25) is 0 Å². The average Bonchev–Trinajstić information content (AvgIpc) is 2.38. The molecule has 0 bridgehead atoms. The molecule has 98 valence electrons. The van der Waals surface area contributed by atoms with Gasteiger partial charge in [0.15, 0.2) is 5.78 Å². The second-order valence-corrected chi connectivity index (χ2v) is 5.29. The Morgan fingerprint density at radius 2 is 1.95 bits per heavy atom. The molecule has 2 nitrogen and oxygen atoms in total.